The first-order valence-electron chi connectivity index (χ1n) is 5.52. The molecule has 92 valence electrons. The summed E-state index contributed by atoms with van der Waals surface area (Å²) in [7, 11) is 0. The summed E-state index contributed by atoms with van der Waals surface area (Å²) in [6, 6.07) is 4.37. The van der Waals surface area contributed by atoms with Crippen molar-refractivity contribution in [2.45, 2.75) is 31.3 Å². The Labute approximate surface area is 104 Å². The minimum absolute atomic E-state index is 0.0582. The topological polar surface area (TPSA) is 55.1 Å². The summed E-state index contributed by atoms with van der Waals surface area (Å²) in [5.74, 6) is -0.611. The summed E-state index contributed by atoms with van der Waals surface area (Å²) < 4.78 is 12.9. The third-order valence-corrected chi connectivity index (χ3v) is 3.42. The van der Waals surface area contributed by atoms with Crippen LogP contribution in [0.1, 0.15) is 24.8 Å². The number of hydrogen-bond donors (Lipinski definition) is 2. The third kappa shape index (κ3) is 2.58. The molecule has 2 rings (SSSR count). The molecule has 0 bridgehead atoms. The highest BCUT2D eigenvalue weighted by molar-refractivity contribution is 6.30. The number of halogens is 2. The van der Waals surface area contributed by atoms with Crippen LogP contribution >= 0.6 is 11.6 Å². The van der Waals surface area contributed by atoms with Crippen molar-refractivity contribution < 1.29 is 9.18 Å². The molecule has 0 aromatic heterocycles. The zero-order valence-corrected chi connectivity index (χ0v) is 10.1. The highest BCUT2D eigenvalue weighted by atomic mass is 35.5. The Kier molecular flexibility index (Phi) is 3.35. The van der Waals surface area contributed by atoms with Gasteiger partial charge in [-0.15, -0.1) is 0 Å². The number of hydrogen-bond acceptors (Lipinski definition) is 2. The van der Waals surface area contributed by atoms with E-state index in [1.807, 2.05) is 0 Å². The molecule has 1 aromatic rings. The fraction of sp³-hybridized carbons (Fsp3) is 0.417. The van der Waals surface area contributed by atoms with E-state index in [4.69, 9.17) is 17.3 Å². The van der Waals surface area contributed by atoms with Gasteiger partial charge in [0.2, 0.25) is 5.91 Å². The van der Waals surface area contributed by atoms with Gasteiger partial charge in [-0.3, -0.25) is 4.79 Å². The van der Waals surface area contributed by atoms with Gasteiger partial charge in [-0.1, -0.05) is 17.7 Å². The summed E-state index contributed by atoms with van der Waals surface area (Å²) in [6.07, 6.45) is 2.44. The van der Waals surface area contributed by atoms with E-state index in [2.05, 4.69) is 5.32 Å². The first-order valence-corrected chi connectivity index (χ1v) is 5.90. The molecule has 1 aliphatic carbocycles. The minimum Gasteiger partial charge on any atom is -0.350 e. The molecule has 0 spiro atoms. The fourth-order valence-electron chi connectivity index (χ4n) is 1.79. The molecule has 1 fully saturated rings. The van der Waals surface area contributed by atoms with Crippen LogP contribution < -0.4 is 11.1 Å². The second-order valence-electron chi connectivity index (χ2n) is 4.44. The second kappa shape index (κ2) is 4.63. The van der Waals surface area contributed by atoms with Crippen LogP contribution in [0.4, 0.5) is 4.39 Å². The highest BCUT2D eigenvalue weighted by Gasteiger charge is 2.39. The number of nitrogens with two attached hydrogens (primary N) is 1. The van der Waals surface area contributed by atoms with E-state index >= 15 is 0 Å². The van der Waals surface area contributed by atoms with Crippen molar-refractivity contribution in [3.05, 3.63) is 34.6 Å². The van der Waals surface area contributed by atoms with Gasteiger partial charge in [-0.25, -0.2) is 4.39 Å². The number of rotatable bonds is 3. The molecular weight excluding hydrogens is 243 g/mol. The average molecular weight is 257 g/mol. The number of nitrogens with one attached hydrogen (secondary N) is 1. The molecule has 0 aliphatic heterocycles. The van der Waals surface area contributed by atoms with Crippen LogP contribution in [0.5, 0.6) is 0 Å². The zero-order valence-electron chi connectivity index (χ0n) is 9.30. The molecule has 0 radical (unpaired) electrons. The molecule has 0 atom stereocenters. The summed E-state index contributed by atoms with van der Waals surface area (Å²) in [5, 5.41) is 2.80. The molecule has 0 unspecified atom stereocenters. The lowest BCUT2D eigenvalue weighted by Crippen LogP contribution is -2.58. The summed E-state index contributed by atoms with van der Waals surface area (Å²) in [4.78, 5) is 11.7. The minimum atomic E-state index is -0.705. The first-order chi connectivity index (χ1) is 8.01. The van der Waals surface area contributed by atoms with Crippen LogP contribution in [0, 0.1) is 5.82 Å². The van der Waals surface area contributed by atoms with Gasteiger partial charge in [0.1, 0.15) is 5.82 Å². The van der Waals surface area contributed by atoms with Crippen LogP contribution in [-0.4, -0.2) is 11.4 Å². The van der Waals surface area contributed by atoms with Crippen LogP contribution in [0.15, 0.2) is 18.2 Å². The largest absolute Gasteiger partial charge is 0.350 e. The Balaban J connectivity index is 1.93. The first kappa shape index (κ1) is 12.3. The summed E-state index contributed by atoms with van der Waals surface area (Å²) in [5.41, 5.74) is 5.92. The van der Waals surface area contributed by atoms with E-state index < -0.39 is 11.4 Å². The number of amides is 1. The third-order valence-electron chi connectivity index (χ3n) is 3.14. The maximum atomic E-state index is 12.9. The van der Waals surface area contributed by atoms with Crippen molar-refractivity contribution in [2.24, 2.45) is 5.73 Å². The SMILES string of the molecule is NC1(C(=O)NCc2ccc(F)c(Cl)c2)CCC1. The second-order valence-corrected chi connectivity index (χ2v) is 4.85. The molecule has 1 aromatic carbocycles. The molecule has 0 saturated heterocycles. The lowest BCUT2D eigenvalue weighted by molar-refractivity contribution is -0.129. The van der Waals surface area contributed by atoms with Gasteiger partial charge >= 0.3 is 0 Å². The monoisotopic (exact) mass is 256 g/mol. The van der Waals surface area contributed by atoms with Crippen LogP contribution in [-0.2, 0) is 11.3 Å². The van der Waals surface area contributed by atoms with Gasteiger partial charge in [0.15, 0.2) is 0 Å². The van der Waals surface area contributed by atoms with Gasteiger partial charge in [0.25, 0.3) is 0 Å². The quantitative estimate of drug-likeness (QED) is 0.869. The van der Waals surface area contributed by atoms with Crippen molar-refractivity contribution in [2.75, 3.05) is 0 Å². The van der Waals surface area contributed by atoms with Crippen molar-refractivity contribution in [3.8, 4) is 0 Å². The normalized spacial score (nSPS) is 17.4. The molecule has 3 N–H and O–H groups in total. The van der Waals surface area contributed by atoms with Crippen molar-refractivity contribution in [1.82, 2.24) is 5.32 Å². The summed E-state index contributed by atoms with van der Waals surface area (Å²) >= 11 is 5.65. The molecule has 5 heteroatoms. The maximum Gasteiger partial charge on any atom is 0.240 e. The number of carbonyl (C=O) groups excluding carboxylic acids is 1. The molecular formula is C12H14ClFN2O. The zero-order chi connectivity index (χ0) is 12.5. The Morgan fingerprint density at radius 2 is 2.24 bits per heavy atom. The van der Waals surface area contributed by atoms with E-state index in [1.165, 1.54) is 12.1 Å². The van der Waals surface area contributed by atoms with Crippen molar-refractivity contribution in [3.63, 3.8) is 0 Å². The van der Waals surface area contributed by atoms with Crippen LogP contribution in [0.25, 0.3) is 0 Å². The smallest absolute Gasteiger partial charge is 0.240 e. The molecule has 3 nitrogen and oxygen atoms in total. The van der Waals surface area contributed by atoms with E-state index in [0.717, 1.165) is 24.8 Å². The Hall–Kier alpha value is -1.13. The summed E-state index contributed by atoms with van der Waals surface area (Å²) in [6.45, 7) is 0.317. The average Bonchev–Trinajstić information content (AvgIpc) is 2.27. The van der Waals surface area contributed by atoms with Gasteiger partial charge < -0.3 is 11.1 Å². The standard InChI is InChI=1S/C12H14ClFN2O/c13-9-6-8(2-3-10(9)14)7-16-11(17)12(15)4-1-5-12/h2-3,6H,1,4-5,7,15H2,(H,16,17). The van der Waals surface area contributed by atoms with E-state index in [9.17, 15) is 9.18 Å². The van der Waals surface area contributed by atoms with Crippen molar-refractivity contribution >= 4 is 17.5 Å². The van der Waals surface area contributed by atoms with Gasteiger partial charge in [0.05, 0.1) is 10.6 Å². The molecule has 1 amide bonds. The fourth-order valence-corrected chi connectivity index (χ4v) is 2.00. The molecule has 1 aliphatic rings. The number of benzene rings is 1. The highest BCUT2D eigenvalue weighted by Crippen LogP contribution is 2.29. The Bertz CT molecular complexity index is 446. The van der Waals surface area contributed by atoms with Crippen LogP contribution in [0.2, 0.25) is 5.02 Å². The predicted molar refractivity (Wildman–Crippen MR) is 64.0 cm³/mol. The lowest BCUT2D eigenvalue weighted by atomic mass is 9.77. The van der Waals surface area contributed by atoms with Gasteiger partial charge in [-0.05, 0) is 37.0 Å². The van der Waals surface area contributed by atoms with Crippen LogP contribution in [0.3, 0.4) is 0 Å². The Morgan fingerprint density at radius 3 is 2.76 bits per heavy atom. The number of carbonyl (C=O) groups is 1. The van der Waals surface area contributed by atoms with Gasteiger partial charge in [0, 0.05) is 6.54 Å². The van der Waals surface area contributed by atoms with Gasteiger partial charge in [-0.2, -0.15) is 0 Å². The van der Waals surface area contributed by atoms with E-state index in [0.29, 0.717) is 6.54 Å². The maximum absolute atomic E-state index is 12.9. The molecule has 17 heavy (non-hydrogen) atoms. The van der Waals surface area contributed by atoms with E-state index in [-0.39, 0.29) is 10.9 Å². The Morgan fingerprint density at radius 1 is 1.53 bits per heavy atom. The molecule has 0 heterocycles. The predicted octanol–water partition coefficient (Wildman–Crippen LogP) is 1.98. The van der Waals surface area contributed by atoms with Crippen molar-refractivity contribution in [1.29, 1.82) is 0 Å². The molecule has 1 saturated carbocycles. The van der Waals surface area contributed by atoms with E-state index in [1.54, 1.807) is 6.07 Å². The lowest BCUT2D eigenvalue weighted by Gasteiger charge is -2.36.